The summed E-state index contributed by atoms with van der Waals surface area (Å²) in [6.45, 7) is 0.417. The topological polar surface area (TPSA) is 83.3 Å². The molecule has 0 saturated heterocycles. The molecule has 0 spiro atoms. The Morgan fingerprint density at radius 2 is 1.92 bits per heavy atom. The molecule has 0 aliphatic heterocycles. The number of nitrogens with zero attached hydrogens (tertiary/aromatic N) is 3. The van der Waals surface area contributed by atoms with Crippen LogP contribution in [0.1, 0.15) is 11.3 Å². The predicted octanol–water partition coefficient (Wildman–Crippen LogP) is 5.02. The first-order valence-corrected chi connectivity index (χ1v) is 8.10. The van der Waals surface area contributed by atoms with Crippen molar-refractivity contribution in [1.82, 2.24) is 0 Å². The summed E-state index contributed by atoms with van der Waals surface area (Å²) in [6, 6.07) is 17.3. The molecule has 26 heavy (non-hydrogen) atoms. The second-order valence-corrected chi connectivity index (χ2v) is 6.14. The van der Waals surface area contributed by atoms with E-state index in [4.69, 9.17) is 16.0 Å². The van der Waals surface area contributed by atoms with E-state index >= 15 is 0 Å². The van der Waals surface area contributed by atoms with Crippen molar-refractivity contribution in [2.45, 2.75) is 6.54 Å². The number of hydrogen-bond donors (Lipinski definition) is 0. The van der Waals surface area contributed by atoms with Gasteiger partial charge in [-0.05, 0) is 42.5 Å². The molecule has 7 heteroatoms. The zero-order valence-electron chi connectivity index (χ0n) is 13.8. The third-order valence-corrected chi connectivity index (χ3v) is 4.16. The predicted molar refractivity (Wildman–Crippen MR) is 99.1 cm³/mol. The molecule has 0 amide bonds. The van der Waals surface area contributed by atoms with E-state index in [0.717, 1.165) is 5.56 Å². The Bertz CT molecular complexity index is 990. The second-order valence-electron chi connectivity index (χ2n) is 5.70. The fourth-order valence-corrected chi connectivity index (χ4v) is 2.74. The lowest BCUT2D eigenvalue weighted by molar-refractivity contribution is -0.384. The molecule has 0 saturated carbocycles. The first kappa shape index (κ1) is 17.5. The van der Waals surface area contributed by atoms with Gasteiger partial charge >= 0.3 is 0 Å². The molecule has 0 unspecified atom stereocenters. The standard InChI is InChI=1S/C19H14ClN3O3/c1-22(18-8-6-16(23(24)25)10-14(18)11-21)12-17-7-9-19(26-17)13-2-4-15(20)5-3-13/h2-10H,12H2,1H3. The quantitative estimate of drug-likeness (QED) is 0.467. The first-order chi connectivity index (χ1) is 12.5. The Labute approximate surface area is 155 Å². The Kier molecular flexibility index (Phi) is 4.92. The molecule has 1 heterocycles. The molecule has 3 rings (SSSR count). The monoisotopic (exact) mass is 367 g/mol. The van der Waals surface area contributed by atoms with Crippen molar-refractivity contribution in [3.8, 4) is 17.4 Å². The molecule has 3 aromatic rings. The van der Waals surface area contributed by atoms with Gasteiger partial charge in [-0.25, -0.2) is 0 Å². The van der Waals surface area contributed by atoms with Crippen molar-refractivity contribution in [1.29, 1.82) is 5.26 Å². The number of benzene rings is 2. The molecule has 0 aliphatic carbocycles. The number of nitro groups is 1. The minimum absolute atomic E-state index is 0.110. The van der Waals surface area contributed by atoms with E-state index in [1.54, 1.807) is 25.2 Å². The van der Waals surface area contributed by atoms with E-state index in [-0.39, 0.29) is 11.3 Å². The summed E-state index contributed by atoms with van der Waals surface area (Å²) >= 11 is 5.89. The summed E-state index contributed by atoms with van der Waals surface area (Å²) in [7, 11) is 1.80. The fourth-order valence-electron chi connectivity index (χ4n) is 2.61. The van der Waals surface area contributed by atoms with Gasteiger partial charge in [-0.1, -0.05) is 11.6 Å². The summed E-state index contributed by atoms with van der Waals surface area (Å²) in [6.07, 6.45) is 0. The highest BCUT2D eigenvalue weighted by Gasteiger charge is 2.15. The van der Waals surface area contributed by atoms with Gasteiger partial charge in [-0.15, -0.1) is 0 Å². The zero-order valence-corrected chi connectivity index (χ0v) is 14.6. The lowest BCUT2D eigenvalue weighted by atomic mass is 10.1. The Morgan fingerprint density at radius 1 is 1.19 bits per heavy atom. The van der Waals surface area contributed by atoms with Crippen LogP contribution in [-0.4, -0.2) is 12.0 Å². The van der Waals surface area contributed by atoms with Crippen LogP contribution in [0.15, 0.2) is 59.0 Å². The lowest BCUT2D eigenvalue weighted by Crippen LogP contribution is -2.17. The van der Waals surface area contributed by atoms with Crippen LogP contribution in [0.3, 0.4) is 0 Å². The number of halogens is 1. The smallest absolute Gasteiger partial charge is 0.270 e. The highest BCUT2D eigenvalue weighted by atomic mass is 35.5. The number of hydrogen-bond acceptors (Lipinski definition) is 5. The molecule has 2 aromatic carbocycles. The molecule has 0 atom stereocenters. The molecule has 0 fully saturated rings. The molecule has 1 aromatic heterocycles. The molecule has 0 N–H and O–H groups in total. The van der Waals surface area contributed by atoms with Gasteiger partial charge in [0, 0.05) is 29.8 Å². The lowest BCUT2D eigenvalue weighted by Gasteiger charge is -2.19. The Morgan fingerprint density at radius 3 is 2.58 bits per heavy atom. The van der Waals surface area contributed by atoms with Crippen LogP contribution in [0, 0.1) is 21.4 Å². The van der Waals surface area contributed by atoms with E-state index in [9.17, 15) is 15.4 Å². The minimum atomic E-state index is -0.518. The van der Waals surface area contributed by atoms with Crippen molar-refractivity contribution >= 4 is 23.0 Å². The highest BCUT2D eigenvalue weighted by Crippen LogP contribution is 2.28. The van der Waals surface area contributed by atoms with E-state index in [0.29, 0.717) is 28.8 Å². The normalized spacial score (nSPS) is 10.3. The van der Waals surface area contributed by atoms with Crippen LogP contribution < -0.4 is 4.90 Å². The first-order valence-electron chi connectivity index (χ1n) is 7.72. The maximum absolute atomic E-state index is 10.9. The van der Waals surface area contributed by atoms with Crippen LogP contribution in [0.2, 0.25) is 5.02 Å². The van der Waals surface area contributed by atoms with Gasteiger partial charge in [-0.2, -0.15) is 5.26 Å². The van der Waals surface area contributed by atoms with Crippen LogP contribution in [0.25, 0.3) is 11.3 Å². The SMILES string of the molecule is CN(Cc1ccc(-c2ccc(Cl)cc2)o1)c1ccc([N+](=O)[O-])cc1C#N. The number of nitriles is 1. The van der Waals surface area contributed by atoms with Gasteiger partial charge in [0.15, 0.2) is 0 Å². The van der Waals surface area contributed by atoms with Gasteiger partial charge in [0.25, 0.3) is 5.69 Å². The maximum Gasteiger partial charge on any atom is 0.270 e. The second kappa shape index (κ2) is 7.30. The van der Waals surface area contributed by atoms with Crippen LogP contribution in [0.4, 0.5) is 11.4 Å². The molecule has 0 bridgehead atoms. The largest absolute Gasteiger partial charge is 0.459 e. The molecule has 130 valence electrons. The number of anilines is 1. The van der Waals surface area contributed by atoms with Crippen molar-refractivity contribution in [3.63, 3.8) is 0 Å². The Hall–Kier alpha value is -3.30. The Balaban J connectivity index is 1.80. The third-order valence-electron chi connectivity index (χ3n) is 3.91. The van der Waals surface area contributed by atoms with Gasteiger partial charge in [-0.3, -0.25) is 10.1 Å². The van der Waals surface area contributed by atoms with E-state index in [1.165, 1.54) is 12.1 Å². The average molecular weight is 368 g/mol. The minimum Gasteiger partial charge on any atom is -0.459 e. The molecule has 0 aliphatic rings. The average Bonchev–Trinajstić information content (AvgIpc) is 3.10. The summed E-state index contributed by atoms with van der Waals surface area (Å²) in [5.41, 5.74) is 1.65. The van der Waals surface area contributed by atoms with E-state index in [2.05, 4.69) is 0 Å². The van der Waals surface area contributed by atoms with Crippen molar-refractivity contribution in [3.05, 3.63) is 81.1 Å². The van der Waals surface area contributed by atoms with E-state index < -0.39 is 4.92 Å². The van der Waals surface area contributed by atoms with Crippen LogP contribution in [0.5, 0.6) is 0 Å². The van der Waals surface area contributed by atoms with Crippen molar-refractivity contribution in [2.75, 3.05) is 11.9 Å². The summed E-state index contributed by atoms with van der Waals surface area (Å²) < 4.78 is 5.86. The van der Waals surface area contributed by atoms with Crippen LogP contribution >= 0.6 is 11.6 Å². The summed E-state index contributed by atoms with van der Waals surface area (Å²) in [5.74, 6) is 1.42. The molecule has 0 radical (unpaired) electrons. The molecular formula is C19H14ClN3O3. The summed E-state index contributed by atoms with van der Waals surface area (Å²) in [4.78, 5) is 12.2. The zero-order chi connectivity index (χ0) is 18.7. The van der Waals surface area contributed by atoms with Gasteiger partial charge in [0.1, 0.15) is 17.6 Å². The van der Waals surface area contributed by atoms with Crippen LogP contribution in [-0.2, 0) is 6.54 Å². The van der Waals surface area contributed by atoms with Gasteiger partial charge in [0.2, 0.25) is 0 Å². The molecular weight excluding hydrogens is 354 g/mol. The fraction of sp³-hybridized carbons (Fsp3) is 0.105. The number of furan rings is 1. The third kappa shape index (κ3) is 3.68. The highest BCUT2D eigenvalue weighted by molar-refractivity contribution is 6.30. The number of rotatable bonds is 5. The van der Waals surface area contributed by atoms with Gasteiger partial charge in [0.05, 0.1) is 22.7 Å². The van der Waals surface area contributed by atoms with Crippen molar-refractivity contribution in [2.24, 2.45) is 0 Å². The maximum atomic E-state index is 10.9. The van der Waals surface area contributed by atoms with E-state index in [1.807, 2.05) is 35.2 Å². The molecule has 6 nitrogen and oxygen atoms in total. The van der Waals surface area contributed by atoms with Gasteiger partial charge < -0.3 is 9.32 Å². The number of non-ortho nitro benzene ring substituents is 1. The summed E-state index contributed by atoms with van der Waals surface area (Å²) in [5, 5.41) is 20.8. The van der Waals surface area contributed by atoms with Crippen molar-refractivity contribution < 1.29 is 9.34 Å². The number of nitro benzene ring substituents is 1.